The van der Waals surface area contributed by atoms with Crippen molar-refractivity contribution < 1.29 is 9.90 Å². The summed E-state index contributed by atoms with van der Waals surface area (Å²) in [5.41, 5.74) is 7.90. The summed E-state index contributed by atoms with van der Waals surface area (Å²) in [5, 5.41) is 11.9. The molecule has 0 aromatic heterocycles. The lowest BCUT2D eigenvalue weighted by Gasteiger charge is -2.21. The second-order valence-corrected chi connectivity index (χ2v) is 4.91. The first-order valence-corrected chi connectivity index (χ1v) is 6.23. The van der Waals surface area contributed by atoms with Gasteiger partial charge in [-0.05, 0) is 43.0 Å². The van der Waals surface area contributed by atoms with Gasteiger partial charge in [0.25, 0.3) is 5.91 Å². The smallest absolute Gasteiger partial charge is 0.251 e. The fourth-order valence-corrected chi connectivity index (χ4v) is 1.78. The van der Waals surface area contributed by atoms with Gasteiger partial charge in [0.2, 0.25) is 0 Å². The van der Waals surface area contributed by atoms with E-state index in [4.69, 9.17) is 10.8 Å². The van der Waals surface area contributed by atoms with Crippen molar-refractivity contribution in [3.63, 3.8) is 0 Å². The molecular weight excluding hydrogens is 228 g/mol. The van der Waals surface area contributed by atoms with Gasteiger partial charge in [-0.3, -0.25) is 4.79 Å². The van der Waals surface area contributed by atoms with Gasteiger partial charge in [-0.25, -0.2) is 0 Å². The Morgan fingerprint density at radius 3 is 2.61 bits per heavy atom. The Labute approximate surface area is 108 Å². The van der Waals surface area contributed by atoms with E-state index in [1.165, 1.54) is 0 Å². The second-order valence-electron chi connectivity index (χ2n) is 4.91. The van der Waals surface area contributed by atoms with E-state index in [1.54, 1.807) is 18.2 Å². The van der Waals surface area contributed by atoms with E-state index in [9.17, 15) is 4.79 Å². The summed E-state index contributed by atoms with van der Waals surface area (Å²) in [6.07, 6.45) is 0.567. The van der Waals surface area contributed by atoms with E-state index in [0.29, 0.717) is 17.7 Å². The van der Waals surface area contributed by atoms with Crippen molar-refractivity contribution in [2.45, 2.75) is 33.2 Å². The van der Waals surface area contributed by atoms with Crippen LogP contribution in [0.1, 0.15) is 36.2 Å². The lowest BCUT2D eigenvalue weighted by Crippen LogP contribution is -2.39. The molecule has 1 aromatic carbocycles. The fraction of sp³-hybridized carbons (Fsp3) is 0.500. The largest absolute Gasteiger partial charge is 0.399 e. The van der Waals surface area contributed by atoms with Crippen LogP contribution in [0.15, 0.2) is 18.2 Å². The number of aliphatic hydroxyl groups excluding tert-OH is 1. The number of aryl methyl sites for hydroxylation is 1. The molecule has 0 aliphatic rings. The van der Waals surface area contributed by atoms with Crippen molar-refractivity contribution in [3.05, 3.63) is 29.3 Å². The van der Waals surface area contributed by atoms with Crippen LogP contribution in [0.25, 0.3) is 0 Å². The highest BCUT2D eigenvalue weighted by atomic mass is 16.3. The number of carbonyl (C=O) groups excluding carboxylic acids is 1. The van der Waals surface area contributed by atoms with Crippen LogP contribution < -0.4 is 11.1 Å². The first kappa shape index (κ1) is 14.5. The van der Waals surface area contributed by atoms with Gasteiger partial charge >= 0.3 is 0 Å². The Hall–Kier alpha value is -1.55. The summed E-state index contributed by atoms with van der Waals surface area (Å²) in [7, 11) is 0. The molecule has 1 atom stereocenters. The quantitative estimate of drug-likeness (QED) is 0.696. The van der Waals surface area contributed by atoms with Crippen molar-refractivity contribution in [3.8, 4) is 0 Å². The molecule has 0 bridgehead atoms. The van der Waals surface area contributed by atoms with Gasteiger partial charge in [0, 0.05) is 23.9 Å². The summed E-state index contributed by atoms with van der Waals surface area (Å²) >= 11 is 0. The number of hydrogen-bond donors (Lipinski definition) is 3. The first-order valence-electron chi connectivity index (χ1n) is 6.23. The zero-order chi connectivity index (χ0) is 13.7. The molecule has 1 unspecified atom stereocenters. The third-order valence-corrected chi connectivity index (χ3v) is 3.09. The maximum atomic E-state index is 12.1. The SMILES string of the molecule is Cc1cc(C(=O)NC(CCO)C(C)C)ccc1N. The molecule has 0 aliphatic heterocycles. The van der Waals surface area contributed by atoms with Crippen LogP contribution in [-0.2, 0) is 0 Å². The van der Waals surface area contributed by atoms with E-state index >= 15 is 0 Å². The van der Waals surface area contributed by atoms with Crippen molar-refractivity contribution in [1.82, 2.24) is 5.32 Å². The molecule has 1 aromatic rings. The maximum absolute atomic E-state index is 12.1. The molecule has 4 heteroatoms. The van der Waals surface area contributed by atoms with Crippen LogP contribution in [-0.4, -0.2) is 23.7 Å². The minimum atomic E-state index is -0.120. The number of nitrogens with one attached hydrogen (secondary N) is 1. The van der Waals surface area contributed by atoms with Crippen LogP contribution in [0.2, 0.25) is 0 Å². The van der Waals surface area contributed by atoms with E-state index in [0.717, 1.165) is 5.56 Å². The van der Waals surface area contributed by atoms with Gasteiger partial charge in [-0.1, -0.05) is 13.8 Å². The lowest BCUT2D eigenvalue weighted by molar-refractivity contribution is 0.0916. The van der Waals surface area contributed by atoms with Gasteiger partial charge in [0.15, 0.2) is 0 Å². The van der Waals surface area contributed by atoms with Crippen molar-refractivity contribution >= 4 is 11.6 Å². The van der Waals surface area contributed by atoms with Crippen LogP contribution in [0.3, 0.4) is 0 Å². The maximum Gasteiger partial charge on any atom is 0.251 e. The molecule has 0 heterocycles. The third kappa shape index (κ3) is 3.74. The van der Waals surface area contributed by atoms with Crippen molar-refractivity contribution in [2.75, 3.05) is 12.3 Å². The Morgan fingerprint density at radius 2 is 2.11 bits per heavy atom. The summed E-state index contributed by atoms with van der Waals surface area (Å²) in [4.78, 5) is 12.1. The average Bonchev–Trinajstić information content (AvgIpc) is 2.31. The van der Waals surface area contributed by atoms with Gasteiger partial charge in [-0.2, -0.15) is 0 Å². The zero-order valence-electron chi connectivity index (χ0n) is 11.2. The molecule has 100 valence electrons. The molecule has 0 radical (unpaired) electrons. The number of nitrogens with two attached hydrogens (primary N) is 1. The minimum Gasteiger partial charge on any atom is -0.399 e. The van der Waals surface area contributed by atoms with E-state index in [1.807, 2.05) is 20.8 Å². The number of carbonyl (C=O) groups is 1. The zero-order valence-corrected chi connectivity index (χ0v) is 11.2. The van der Waals surface area contributed by atoms with Crippen molar-refractivity contribution in [2.24, 2.45) is 5.92 Å². The predicted octanol–water partition coefficient (Wildman–Crippen LogP) is 1.71. The lowest BCUT2D eigenvalue weighted by atomic mass is 10.0. The Bertz CT molecular complexity index is 416. The normalized spacial score (nSPS) is 12.5. The number of rotatable bonds is 5. The topological polar surface area (TPSA) is 75.3 Å². The fourth-order valence-electron chi connectivity index (χ4n) is 1.78. The predicted molar refractivity (Wildman–Crippen MR) is 73.4 cm³/mol. The molecule has 0 aliphatic carbocycles. The summed E-state index contributed by atoms with van der Waals surface area (Å²) in [5.74, 6) is 0.168. The number of benzene rings is 1. The van der Waals surface area contributed by atoms with Gasteiger partial charge in [0.1, 0.15) is 0 Å². The van der Waals surface area contributed by atoms with E-state index in [2.05, 4.69) is 5.32 Å². The number of hydrogen-bond acceptors (Lipinski definition) is 3. The Morgan fingerprint density at radius 1 is 1.44 bits per heavy atom. The molecule has 1 rings (SSSR count). The molecule has 1 amide bonds. The molecule has 0 saturated carbocycles. The molecule has 18 heavy (non-hydrogen) atoms. The monoisotopic (exact) mass is 250 g/mol. The Kier molecular flexibility index (Phi) is 5.16. The number of amides is 1. The molecule has 0 spiro atoms. The Balaban J connectivity index is 2.77. The highest BCUT2D eigenvalue weighted by Crippen LogP contribution is 2.13. The van der Waals surface area contributed by atoms with E-state index < -0.39 is 0 Å². The molecule has 4 nitrogen and oxygen atoms in total. The molecule has 0 saturated heterocycles. The van der Waals surface area contributed by atoms with Gasteiger partial charge in [-0.15, -0.1) is 0 Å². The standard InChI is InChI=1S/C14H22N2O2/c1-9(2)13(6-7-17)16-14(18)11-4-5-12(15)10(3)8-11/h4-5,8-9,13,17H,6-7,15H2,1-3H3,(H,16,18). The summed E-state index contributed by atoms with van der Waals surface area (Å²) in [6, 6.07) is 5.22. The van der Waals surface area contributed by atoms with Crippen molar-refractivity contribution in [1.29, 1.82) is 0 Å². The number of aliphatic hydroxyl groups is 1. The van der Waals surface area contributed by atoms with Crippen LogP contribution >= 0.6 is 0 Å². The number of anilines is 1. The third-order valence-electron chi connectivity index (χ3n) is 3.09. The number of nitrogen functional groups attached to an aromatic ring is 1. The van der Waals surface area contributed by atoms with Gasteiger partial charge < -0.3 is 16.2 Å². The highest BCUT2D eigenvalue weighted by Gasteiger charge is 2.16. The minimum absolute atomic E-state index is 0.0136. The van der Waals surface area contributed by atoms with Crippen LogP contribution in [0.5, 0.6) is 0 Å². The average molecular weight is 250 g/mol. The molecule has 0 fully saturated rings. The van der Waals surface area contributed by atoms with Crippen LogP contribution in [0.4, 0.5) is 5.69 Å². The van der Waals surface area contributed by atoms with E-state index in [-0.39, 0.29) is 24.5 Å². The highest BCUT2D eigenvalue weighted by molar-refractivity contribution is 5.95. The first-order chi connectivity index (χ1) is 8.45. The van der Waals surface area contributed by atoms with Gasteiger partial charge in [0.05, 0.1) is 0 Å². The second kappa shape index (κ2) is 6.40. The molecule has 4 N–H and O–H groups in total. The summed E-state index contributed by atoms with van der Waals surface area (Å²) in [6.45, 7) is 5.99. The molecular formula is C14H22N2O2. The van der Waals surface area contributed by atoms with Crippen LogP contribution in [0, 0.1) is 12.8 Å². The summed E-state index contributed by atoms with van der Waals surface area (Å²) < 4.78 is 0.